The Balaban J connectivity index is 1.56. The largest absolute Gasteiger partial charge is 0.455 e. The van der Waals surface area contributed by atoms with Gasteiger partial charge in [0.25, 0.3) is 0 Å². The molecule has 1 heterocycles. The van der Waals surface area contributed by atoms with Gasteiger partial charge in [0.2, 0.25) is 10.0 Å². The highest BCUT2D eigenvalue weighted by Crippen LogP contribution is 2.39. The molecule has 184 valence electrons. The maximum atomic E-state index is 13.8. The van der Waals surface area contributed by atoms with Crippen LogP contribution in [0.4, 0.5) is 17.6 Å². The zero-order valence-electron chi connectivity index (χ0n) is 18.6. The van der Waals surface area contributed by atoms with Gasteiger partial charge in [-0.2, -0.15) is 13.2 Å². The summed E-state index contributed by atoms with van der Waals surface area (Å²) >= 11 is 0. The van der Waals surface area contributed by atoms with Crippen molar-refractivity contribution in [2.75, 3.05) is 6.54 Å². The third-order valence-electron chi connectivity index (χ3n) is 5.85. The van der Waals surface area contributed by atoms with E-state index in [2.05, 4.69) is 4.72 Å². The highest BCUT2D eigenvalue weighted by molar-refractivity contribution is 7.89. The van der Waals surface area contributed by atoms with Crippen LogP contribution in [0.1, 0.15) is 11.1 Å². The van der Waals surface area contributed by atoms with Gasteiger partial charge in [-0.15, -0.1) is 0 Å². The minimum Gasteiger partial charge on any atom is -0.455 e. The van der Waals surface area contributed by atoms with Gasteiger partial charge in [0.05, 0.1) is 10.5 Å². The van der Waals surface area contributed by atoms with Crippen molar-refractivity contribution in [3.05, 3.63) is 102 Å². The van der Waals surface area contributed by atoms with Crippen molar-refractivity contribution in [3.8, 4) is 11.1 Å². The van der Waals surface area contributed by atoms with Crippen LogP contribution in [0.15, 0.2) is 94.2 Å². The fourth-order valence-corrected chi connectivity index (χ4v) is 5.26. The van der Waals surface area contributed by atoms with Crippen molar-refractivity contribution in [3.63, 3.8) is 0 Å². The molecule has 0 spiro atoms. The minimum absolute atomic E-state index is 0.0555. The van der Waals surface area contributed by atoms with Gasteiger partial charge < -0.3 is 4.42 Å². The lowest BCUT2D eigenvalue weighted by Gasteiger charge is -2.14. The number of nitrogens with one attached hydrogen (secondary N) is 1. The summed E-state index contributed by atoms with van der Waals surface area (Å²) in [5, 5.41) is 1.51. The molecular weight excluding hydrogens is 494 g/mol. The number of alkyl halides is 3. The highest BCUT2D eigenvalue weighted by Gasteiger charge is 2.33. The molecule has 0 atom stereocenters. The van der Waals surface area contributed by atoms with Crippen LogP contribution in [-0.4, -0.2) is 15.0 Å². The number of rotatable bonds is 6. The average molecular weight is 514 g/mol. The molecule has 0 aliphatic rings. The summed E-state index contributed by atoms with van der Waals surface area (Å²) in [6.45, 7) is -0.115. The van der Waals surface area contributed by atoms with E-state index >= 15 is 0 Å². The first-order valence-corrected chi connectivity index (χ1v) is 12.5. The number of benzene rings is 4. The molecule has 4 aromatic carbocycles. The second-order valence-electron chi connectivity index (χ2n) is 8.30. The molecule has 0 radical (unpaired) electrons. The van der Waals surface area contributed by atoms with Gasteiger partial charge in [-0.3, -0.25) is 0 Å². The SMILES string of the molecule is O=S(=O)(NCCc1cccc(F)c1)c1cc(-c2cccc3c2oc2ccccc23)cc(C(F)(F)F)c1. The molecule has 36 heavy (non-hydrogen) atoms. The predicted molar refractivity (Wildman–Crippen MR) is 129 cm³/mol. The zero-order valence-corrected chi connectivity index (χ0v) is 19.5. The van der Waals surface area contributed by atoms with Gasteiger partial charge in [0, 0.05) is 22.9 Å². The van der Waals surface area contributed by atoms with Crippen molar-refractivity contribution in [2.24, 2.45) is 0 Å². The first-order valence-electron chi connectivity index (χ1n) is 11.0. The third kappa shape index (κ3) is 4.72. The summed E-state index contributed by atoms with van der Waals surface area (Å²) in [7, 11) is -4.31. The van der Waals surface area contributed by atoms with Crippen LogP contribution in [0.5, 0.6) is 0 Å². The monoisotopic (exact) mass is 513 g/mol. The topological polar surface area (TPSA) is 59.3 Å². The van der Waals surface area contributed by atoms with Crippen LogP contribution < -0.4 is 4.72 Å². The molecular formula is C27H19F4NO3S. The predicted octanol–water partition coefficient (Wildman–Crippen LogP) is 6.93. The van der Waals surface area contributed by atoms with Crippen LogP contribution >= 0.6 is 0 Å². The van der Waals surface area contributed by atoms with E-state index < -0.39 is 32.5 Å². The lowest BCUT2D eigenvalue weighted by molar-refractivity contribution is -0.137. The number of fused-ring (bicyclic) bond motifs is 3. The fourth-order valence-electron chi connectivity index (χ4n) is 4.15. The molecule has 0 aliphatic carbocycles. The molecule has 5 aromatic rings. The van der Waals surface area contributed by atoms with E-state index in [1.165, 1.54) is 24.3 Å². The van der Waals surface area contributed by atoms with E-state index in [1.54, 1.807) is 36.4 Å². The molecule has 0 unspecified atom stereocenters. The smallest absolute Gasteiger partial charge is 0.416 e. The summed E-state index contributed by atoms with van der Waals surface area (Å²) in [4.78, 5) is -0.528. The van der Waals surface area contributed by atoms with E-state index in [0.29, 0.717) is 33.7 Å². The Morgan fingerprint density at radius 3 is 2.36 bits per heavy atom. The molecule has 5 rings (SSSR count). The number of hydrogen-bond acceptors (Lipinski definition) is 3. The van der Waals surface area contributed by atoms with Crippen LogP contribution in [0.3, 0.4) is 0 Å². The van der Waals surface area contributed by atoms with E-state index in [-0.39, 0.29) is 18.5 Å². The van der Waals surface area contributed by atoms with Gasteiger partial charge in [0.1, 0.15) is 17.0 Å². The average Bonchev–Trinajstić information content (AvgIpc) is 3.22. The normalized spacial score (nSPS) is 12.4. The summed E-state index contributed by atoms with van der Waals surface area (Å²) in [6, 6.07) is 20.7. The molecule has 1 aromatic heterocycles. The number of hydrogen-bond donors (Lipinski definition) is 1. The van der Waals surface area contributed by atoms with Crippen molar-refractivity contribution in [2.45, 2.75) is 17.5 Å². The van der Waals surface area contributed by atoms with Gasteiger partial charge in [-0.1, -0.05) is 48.5 Å². The van der Waals surface area contributed by atoms with Crippen molar-refractivity contribution in [1.82, 2.24) is 4.72 Å². The number of halogens is 4. The molecule has 4 nitrogen and oxygen atoms in total. The first-order chi connectivity index (χ1) is 17.1. The summed E-state index contributed by atoms with van der Waals surface area (Å²) in [6.07, 6.45) is -4.61. The van der Waals surface area contributed by atoms with E-state index in [1.807, 2.05) is 12.1 Å². The maximum absolute atomic E-state index is 13.8. The number of furan rings is 1. The Labute approximate surface area is 204 Å². The van der Waals surface area contributed by atoms with Crippen LogP contribution in [-0.2, 0) is 22.6 Å². The Hall–Kier alpha value is -3.69. The van der Waals surface area contributed by atoms with Gasteiger partial charge in [0.15, 0.2) is 0 Å². The minimum atomic E-state index is -4.77. The van der Waals surface area contributed by atoms with Crippen LogP contribution in [0, 0.1) is 5.82 Å². The summed E-state index contributed by atoms with van der Waals surface area (Å²) < 4.78 is 88.9. The summed E-state index contributed by atoms with van der Waals surface area (Å²) in [5.74, 6) is -0.461. The van der Waals surface area contributed by atoms with Gasteiger partial charge in [-0.05, 0) is 53.9 Å². The van der Waals surface area contributed by atoms with Crippen LogP contribution in [0.25, 0.3) is 33.1 Å². The highest BCUT2D eigenvalue weighted by atomic mass is 32.2. The van der Waals surface area contributed by atoms with Crippen molar-refractivity contribution < 1.29 is 30.4 Å². The lowest BCUT2D eigenvalue weighted by Crippen LogP contribution is -2.26. The Morgan fingerprint density at radius 2 is 1.58 bits per heavy atom. The lowest BCUT2D eigenvalue weighted by atomic mass is 10.0. The van der Waals surface area contributed by atoms with Gasteiger partial charge in [-0.25, -0.2) is 17.5 Å². The molecule has 0 amide bonds. The summed E-state index contributed by atoms with van der Waals surface area (Å²) in [5.41, 5.74) is 0.780. The van der Waals surface area contributed by atoms with Crippen molar-refractivity contribution in [1.29, 1.82) is 0 Å². The molecule has 9 heteroatoms. The van der Waals surface area contributed by atoms with E-state index in [9.17, 15) is 26.0 Å². The zero-order chi connectivity index (χ0) is 25.5. The third-order valence-corrected chi connectivity index (χ3v) is 7.29. The molecule has 0 saturated carbocycles. The van der Waals surface area contributed by atoms with E-state index in [4.69, 9.17) is 4.42 Å². The molecule has 1 N–H and O–H groups in total. The van der Waals surface area contributed by atoms with E-state index in [0.717, 1.165) is 11.5 Å². The Morgan fingerprint density at radius 1 is 0.833 bits per heavy atom. The quantitative estimate of drug-likeness (QED) is 0.251. The maximum Gasteiger partial charge on any atom is 0.416 e. The molecule has 0 aliphatic heterocycles. The van der Waals surface area contributed by atoms with Crippen molar-refractivity contribution >= 4 is 32.0 Å². The second kappa shape index (κ2) is 9.07. The first kappa shape index (κ1) is 24.0. The second-order valence-corrected chi connectivity index (χ2v) is 10.1. The molecule has 0 saturated heterocycles. The van der Waals surface area contributed by atoms with Gasteiger partial charge >= 0.3 is 6.18 Å². The Bertz CT molecular complexity index is 1690. The van der Waals surface area contributed by atoms with Crippen LogP contribution in [0.2, 0.25) is 0 Å². The number of para-hydroxylation sites is 2. The number of sulfonamides is 1. The molecule has 0 bridgehead atoms. The molecule has 0 fully saturated rings. The Kier molecular flexibility index (Phi) is 6.05. The fraction of sp³-hybridized carbons (Fsp3) is 0.111. The standard InChI is InChI=1S/C27H19F4NO3S/c28-20-6-3-5-17(13-20)11-12-32-36(33,34)21-15-18(14-19(16-21)27(29,30)31)22-8-4-9-24-23-7-1-2-10-25(23)35-26(22)24/h1-10,13-16,32H,11-12H2.